The van der Waals surface area contributed by atoms with Crippen LogP contribution in [0, 0.1) is 0 Å². The third-order valence-electron chi connectivity index (χ3n) is 11.6. The molecule has 382 valence electrons. The molecule has 0 aromatic heterocycles. The number of unbranched alkanes of at least 4 members (excludes halogenated alkanes) is 23. The lowest BCUT2D eigenvalue weighted by Gasteiger charge is -2.25. The van der Waals surface area contributed by atoms with Crippen LogP contribution < -0.4 is 5.32 Å². The van der Waals surface area contributed by atoms with Gasteiger partial charge in [-0.15, -0.1) is 0 Å². The van der Waals surface area contributed by atoms with Gasteiger partial charge in [0.05, 0.1) is 39.9 Å². The fraction of sp³-hybridized carbons (Fsp3) is 0.737. The molecule has 0 aliphatic rings. The number of hydrogen-bond donors (Lipinski definition) is 3. The van der Waals surface area contributed by atoms with E-state index in [2.05, 4.69) is 92.1 Å². The number of aliphatic hydroxyl groups is 1. The van der Waals surface area contributed by atoms with Crippen LogP contribution in [0.15, 0.2) is 85.1 Å². The first-order valence-electron chi connectivity index (χ1n) is 27.0. The van der Waals surface area contributed by atoms with E-state index in [0.29, 0.717) is 17.4 Å². The summed E-state index contributed by atoms with van der Waals surface area (Å²) in [5.74, 6) is -0.191. The first kappa shape index (κ1) is 63.7. The molecule has 0 aliphatic carbocycles. The van der Waals surface area contributed by atoms with Gasteiger partial charge in [-0.1, -0.05) is 221 Å². The lowest BCUT2D eigenvalue weighted by atomic mass is 10.0. The zero-order chi connectivity index (χ0) is 48.5. The SMILES string of the molecule is CC/C=C\C/C=C\C/C=C\C/C=C\C/C=C\CCCCCCCCCCCCCCCC(=O)NC(COP(=O)(O)OCC[N+](C)(C)C)C(O)/C=C/CC/C=C/CCCCCCCCCCC. The number of rotatable bonds is 48. The highest BCUT2D eigenvalue weighted by Gasteiger charge is 2.27. The van der Waals surface area contributed by atoms with Gasteiger partial charge in [-0.3, -0.25) is 13.8 Å². The Balaban J connectivity index is 4.21. The number of nitrogens with one attached hydrogen (secondary N) is 1. The van der Waals surface area contributed by atoms with Gasteiger partial charge in [0.2, 0.25) is 5.91 Å². The molecule has 0 aliphatic heterocycles. The second kappa shape index (κ2) is 47.7. The standard InChI is InChI=1S/C57H103N2O6P/c1-6-8-10-12-14-16-18-20-22-23-24-25-26-27-28-29-30-31-32-33-34-35-37-39-41-43-45-47-49-51-57(61)58-55(54-65-66(62,63)64-53-52-59(3,4)5)56(60)50-48-46-44-42-40-38-36-21-19-17-15-13-11-9-7-2/h8,10,14,16,20,22,24-25,27-28,40,42,48,50,55-56,60H,6-7,9,11-13,15,17-19,21,23,26,29-39,41,43-47,49,51-54H2,1-5H3,(H-,58,61,62,63)/p+1/b10-8-,16-14-,22-20-,25-24-,28-27-,42-40+,50-48+. The van der Waals surface area contributed by atoms with Gasteiger partial charge in [0.1, 0.15) is 13.2 Å². The van der Waals surface area contributed by atoms with E-state index in [-0.39, 0.29) is 19.1 Å². The average molecular weight is 944 g/mol. The van der Waals surface area contributed by atoms with Gasteiger partial charge in [0.15, 0.2) is 0 Å². The van der Waals surface area contributed by atoms with Crippen molar-refractivity contribution in [1.29, 1.82) is 0 Å². The van der Waals surface area contributed by atoms with E-state index in [9.17, 15) is 19.4 Å². The molecule has 3 atom stereocenters. The molecule has 3 unspecified atom stereocenters. The van der Waals surface area contributed by atoms with Crippen molar-refractivity contribution in [3.05, 3.63) is 85.1 Å². The monoisotopic (exact) mass is 944 g/mol. The van der Waals surface area contributed by atoms with Crippen LogP contribution in [0.1, 0.15) is 219 Å². The fourth-order valence-electron chi connectivity index (χ4n) is 7.38. The van der Waals surface area contributed by atoms with Crippen LogP contribution in [-0.2, 0) is 18.4 Å². The number of nitrogens with zero attached hydrogens (tertiary/aromatic N) is 1. The van der Waals surface area contributed by atoms with Gasteiger partial charge < -0.3 is 19.8 Å². The quantitative estimate of drug-likeness (QED) is 0.0243. The molecule has 3 N–H and O–H groups in total. The number of hydrogen-bond acceptors (Lipinski definition) is 5. The Labute approximate surface area is 407 Å². The number of carbonyl (C=O) groups is 1. The van der Waals surface area contributed by atoms with Crippen molar-refractivity contribution in [2.45, 2.75) is 231 Å². The molecule has 0 spiro atoms. The Morgan fingerprint density at radius 1 is 0.530 bits per heavy atom. The fourth-order valence-corrected chi connectivity index (χ4v) is 8.11. The van der Waals surface area contributed by atoms with E-state index in [1.54, 1.807) is 6.08 Å². The molecule has 0 fully saturated rings. The van der Waals surface area contributed by atoms with Crippen LogP contribution in [0.25, 0.3) is 0 Å². The summed E-state index contributed by atoms with van der Waals surface area (Å²) < 4.78 is 23.6. The maximum atomic E-state index is 12.9. The molecular formula is C57H104N2O6P+. The number of aliphatic hydroxyl groups excluding tert-OH is 1. The van der Waals surface area contributed by atoms with Crippen LogP contribution in [0.2, 0.25) is 0 Å². The largest absolute Gasteiger partial charge is 0.472 e. The van der Waals surface area contributed by atoms with Crippen LogP contribution in [-0.4, -0.2) is 73.4 Å². The molecule has 0 aromatic carbocycles. The molecular weight excluding hydrogens is 840 g/mol. The predicted octanol–water partition coefficient (Wildman–Crippen LogP) is 16.1. The van der Waals surface area contributed by atoms with E-state index < -0.39 is 20.0 Å². The summed E-state index contributed by atoms with van der Waals surface area (Å²) >= 11 is 0. The maximum Gasteiger partial charge on any atom is 0.472 e. The smallest absolute Gasteiger partial charge is 0.387 e. The number of quaternary nitrogens is 1. The molecule has 8 nitrogen and oxygen atoms in total. The number of allylic oxidation sites excluding steroid dienone is 13. The molecule has 9 heteroatoms. The zero-order valence-corrected chi connectivity index (χ0v) is 44.3. The number of amides is 1. The van der Waals surface area contributed by atoms with Gasteiger partial charge >= 0.3 is 7.82 Å². The number of likely N-dealkylation sites (N-methyl/N-ethyl adjacent to an activating group) is 1. The van der Waals surface area contributed by atoms with Gasteiger partial charge in [0, 0.05) is 6.42 Å². The first-order chi connectivity index (χ1) is 32.0. The zero-order valence-electron chi connectivity index (χ0n) is 43.4. The first-order valence-corrected chi connectivity index (χ1v) is 28.5. The summed E-state index contributed by atoms with van der Waals surface area (Å²) in [6, 6.07) is -0.868. The van der Waals surface area contributed by atoms with Crippen molar-refractivity contribution >= 4 is 13.7 Å². The Bertz CT molecular complexity index is 1350. The summed E-state index contributed by atoms with van der Waals surface area (Å²) in [7, 11) is 1.55. The van der Waals surface area contributed by atoms with Crippen LogP contribution in [0.3, 0.4) is 0 Å². The minimum atomic E-state index is -4.35. The van der Waals surface area contributed by atoms with Crippen molar-refractivity contribution in [2.75, 3.05) is 40.9 Å². The van der Waals surface area contributed by atoms with Crippen LogP contribution in [0.4, 0.5) is 0 Å². The van der Waals surface area contributed by atoms with Gasteiger partial charge in [-0.05, 0) is 77.0 Å². The van der Waals surface area contributed by atoms with Crippen LogP contribution in [0.5, 0.6) is 0 Å². The summed E-state index contributed by atoms with van der Waals surface area (Å²) in [5.41, 5.74) is 0. The minimum Gasteiger partial charge on any atom is -0.387 e. The lowest BCUT2D eigenvalue weighted by molar-refractivity contribution is -0.870. The second-order valence-corrected chi connectivity index (χ2v) is 20.7. The average Bonchev–Trinajstić information content (AvgIpc) is 3.28. The molecule has 0 heterocycles. The number of carbonyl (C=O) groups excluding carboxylic acids is 1. The third kappa shape index (κ3) is 49.6. The molecule has 1 amide bonds. The summed E-state index contributed by atoms with van der Waals surface area (Å²) in [4.78, 5) is 23.2. The van der Waals surface area contributed by atoms with Crippen molar-refractivity contribution in [2.24, 2.45) is 0 Å². The van der Waals surface area contributed by atoms with Crippen molar-refractivity contribution in [1.82, 2.24) is 5.32 Å². The summed E-state index contributed by atoms with van der Waals surface area (Å²) in [5, 5.41) is 13.9. The summed E-state index contributed by atoms with van der Waals surface area (Å²) in [6.45, 7) is 4.67. The highest BCUT2D eigenvalue weighted by molar-refractivity contribution is 7.47. The molecule has 0 aromatic rings. The van der Waals surface area contributed by atoms with Crippen molar-refractivity contribution in [3.8, 4) is 0 Å². The lowest BCUT2D eigenvalue weighted by Crippen LogP contribution is -2.45. The van der Waals surface area contributed by atoms with E-state index in [1.165, 1.54) is 128 Å². The van der Waals surface area contributed by atoms with E-state index in [1.807, 2.05) is 27.2 Å². The van der Waals surface area contributed by atoms with Crippen LogP contribution >= 0.6 is 7.82 Å². The van der Waals surface area contributed by atoms with E-state index in [0.717, 1.165) is 70.6 Å². The molecule has 0 radical (unpaired) electrons. The Kier molecular flexibility index (Phi) is 46.1. The topological polar surface area (TPSA) is 105 Å². The Morgan fingerprint density at radius 3 is 1.39 bits per heavy atom. The Morgan fingerprint density at radius 2 is 0.924 bits per heavy atom. The van der Waals surface area contributed by atoms with E-state index in [4.69, 9.17) is 9.05 Å². The molecule has 66 heavy (non-hydrogen) atoms. The molecule has 0 saturated carbocycles. The third-order valence-corrected chi connectivity index (χ3v) is 12.6. The van der Waals surface area contributed by atoms with Crippen molar-refractivity contribution in [3.63, 3.8) is 0 Å². The van der Waals surface area contributed by atoms with Gasteiger partial charge in [-0.25, -0.2) is 4.57 Å². The maximum absolute atomic E-state index is 12.9. The normalized spacial score (nSPS) is 14.7. The highest BCUT2D eigenvalue weighted by atomic mass is 31.2. The van der Waals surface area contributed by atoms with Gasteiger partial charge in [-0.2, -0.15) is 0 Å². The predicted molar refractivity (Wildman–Crippen MR) is 286 cm³/mol. The number of phosphoric acid groups is 1. The molecule has 0 saturated heterocycles. The second-order valence-electron chi connectivity index (χ2n) is 19.2. The highest BCUT2D eigenvalue weighted by Crippen LogP contribution is 2.43. The number of phosphoric ester groups is 1. The van der Waals surface area contributed by atoms with Gasteiger partial charge in [0.25, 0.3) is 0 Å². The van der Waals surface area contributed by atoms with E-state index >= 15 is 0 Å². The summed E-state index contributed by atoms with van der Waals surface area (Å²) in [6.07, 6.45) is 66.7. The molecule has 0 rings (SSSR count). The Hall–Kier alpha value is -2.32. The van der Waals surface area contributed by atoms with Crippen molar-refractivity contribution < 1.29 is 32.9 Å². The minimum absolute atomic E-state index is 0.0529. The molecule has 0 bridgehead atoms.